The van der Waals surface area contributed by atoms with Crippen molar-refractivity contribution in [1.82, 2.24) is 14.8 Å². The van der Waals surface area contributed by atoms with Crippen molar-refractivity contribution in [3.8, 4) is 28.9 Å². The summed E-state index contributed by atoms with van der Waals surface area (Å²) in [5, 5.41) is 16.1. The third-order valence-electron chi connectivity index (χ3n) is 6.28. The zero-order valence-corrected chi connectivity index (χ0v) is 23.8. The summed E-state index contributed by atoms with van der Waals surface area (Å²) in [6.07, 6.45) is -3.51. The fourth-order valence-electron chi connectivity index (χ4n) is 4.28. The molecule has 0 bridgehead atoms. The fraction of sp³-hybridized carbons (Fsp3) is 0.172. The van der Waals surface area contributed by atoms with Gasteiger partial charge in [-0.25, -0.2) is 18.9 Å². The number of halogens is 4. The third-order valence-corrected chi connectivity index (χ3v) is 7.20. The van der Waals surface area contributed by atoms with E-state index in [9.17, 15) is 28.0 Å². The second-order valence-corrected chi connectivity index (χ2v) is 10.6. The van der Waals surface area contributed by atoms with Crippen LogP contribution in [-0.4, -0.2) is 44.0 Å². The molecule has 1 aliphatic heterocycles. The Kier molecular flexibility index (Phi) is 8.36. The van der Waals surface area contributed by atoms with E-state index in [0.717, 1.165) is 35.5 Å². The number of benzene rings is 3. The lowest BCUT2D eigenvalue weighted by molar-refractivity contribution is -0.274. The Balaban J connectivity index is 1.32. The SMILES string of the molecule is CC(C)c1ccc(C#N)cc1N1C(=O)CS/C1=N\C(=O)Nc1ccc(-c2ncn(-c3ccc(OC(F)(F)F)cc3)n2)cc1F. The average molecular weight is 624 g/mol. The van der Waals surface area contributed by atoms with Crippen molar-refractivity contribution in [2.45, 2.75) is 26.1 Å². The number of amidine groups is 1. The molecule has 4 aromatic rings. The van der Waals surface area contributed by atoms with Crippen LogP contribution in [-0.2, 0) is 4.79 Å². The summed E-state index contributed by atoms with van der Waals surface area (Å²) in [6, 6.07) is 14.9. The lowest BCUT2D eigenvalue weighted by Gasteiger charge is -2.21. The number of rotatable bonds is 6. The number of alkyl halides is 3. The number of amides is 3. The Hall–Kier alpha value is -5.23. The van der Waals surface area contributed by atoms with Crippen molar-refractivity contribution in [3.05, 3.63) is 83.9 Å². The molecule has 3 amide bonds. The smallest absolute Gasteiger partial charge is 0.406 e. The van der Waals surface area contributed by atoms with Crippen LogP contribution in [0, 0.1) is 17.1 Å². The Morgan fingerprint density at radius 3 is 2.55 bits per heavy atom. The van der Waals surface area contributed by atoms with E-state index >= 15 is 4.39 Å². The van der Waals surface area contributed by atoms with Crippen LogP contribution >= 0.6 is 11.8 Å². The monoisotopic (exact) mass is 623 g/mol. The summed E-state index contributed by atoms with van der Waals surface area (Å²) in [5.74, 6) is -1.35. The van der Waals surface area contributed by atoms with Gasteiger partial charge in [0.25, 0.3) is 0 Å². The molecule has 44 heavy (non-hydrogen) atoms. The minimum atomic E-state index is -4.82. The van der Waals surface area contributed by atoms with Crippen LogP contribution in [0.2, 0.25) is 0 Å². The molecule has 1 aliphatic rings. The van der Waals surface area contributed by atoms with Gasteiger partial charge in [-0.2, -0.15) is 10.3 Å². The molecule has 0 unspecified atom stereocenters. The highest BCUT2D eigenvalue weighted by Crippen LogP contribution is 2.34. The van der Waals surface area contributed by atoms with Gasteiger partial charge in [0.2, 0.25) is 5.91 Å². The van der Waals surface area contributed by atoms with Crippen LogP contribution in [0.15, 0.2) is 72.0 Å². The van der Waals surface area contributed by atoms with Gasteiger partial charge in [-0.3, -0.25) is 9.69 Å². The number of hydrogen-bond donors (Lipinski definition) is 1. The molecule has 5 rings (SSSR count). The molecule has 1 aromatic heterocycles. The molecule has 1 N–H and O–H groups in total. The molecular formula is C29H21F4N7O3S. The van der Waals surface area contributed by atoms with Crippen molar-refractivity contribution in [1.29, 1.82) is 5.26 Å². The van der Waals surface area contributed by atoms with Gasteiger partial charge in [-0.15, -0.1) is 18.3 Å². The number of nitrogens with zero attached hydrogens (tertiary/aromatic N) is 6. The van der Waals surface area contributed by atoms with Crippen LogP contribution < -0.4 is 15.0 Å². The van der Waals surface area contributed by atoms with Gasteiger partial charge in [0.15, 0.2) is 11.0 Å². The molecule has 1 fully saturated rings. The van der Waals surface area contributed by atoms with Gasteiger partial charge < -0.3 is 10.1 Å². The van der Waals surface area contributed by atoms with Crippen LogP contribution in [0.25, 0.3) is 17.1 Å². The summed E-state index contributed by atoms with van der Waals surface area (Å²) in [7, 11) is 0. The van der Waals surface area contributed by atoms with E-state index in [1.807, 2.05) is 19.9 Å². The number of nitrogens with one attached hydrogen (secondary N) is 1. The molecule has 3 aromatic carbocycles. The molecule has 0 spiro atoms. The number of carbonyl (C=O) groups is 2. The maximum atomic E-state index is 15.0. The van der Waals surface area contributed by atoms with Crippen molar-refractivity contribution >= 4 is 40.2 Å². The van der Waals surface area contributed by atoms with Crippen LogP contribution in [0.1, 0.15) is 30.9 Å². The minimum Gasteiger partial charge on any atom is -0.406 e. The van der Waals surface area contributed by atoms with Crippen LogP contribution in [0.3, 0.4) is 0 Å². The fourth-order valence-corrected chi connectivity index (χ4v) is 5.14. The van der Waals surface area contributed by atoms with Crippen molar-refractivity contribution in [3.63, 3.8) is 0 Å². The number of nitriles is 1. The van der Waals surface area contributed by atoms with E-state index in [4.69, 9.17) is 0 Å². The molecule has 0 saturated carbocycles. The Morgan fingerprint density at radius 2 is 1.89 bits per heavy atom. The lowest BCUT2D eigenvalue weighted by Crippen LogP contribution is -2.31. The zero-order valence-electron chi connectivity index (χ0n) is 23.0. The number of aliphatic imine (C=N–C) groups is 1. The van der Waals surface area contributed by atoms with E-state index < -0.39 is 24.0 Å². The topological polar surface area (TPSA) is 126 Å². The molecule has 0 radical (unpaired) electrons. The first kappa shape index (κ1) is 30.2. The first-order valence-electron chi connectivity index (χ1n) is 12.9. The normalized spacial score (nSPS) is 14.3. The van der Waals surface area contributed by atoms with Gasteiger partial charge in [0, 0.05) is 5.56 Å². The number of anilines is 2. The molecule has 224 valence electrons. The predicted molar refractivity (Wildman–Crippen MR) is 155 cm³/mol. The average Bonchev–Trinajstić information content (AvgIpc) is 3.60. The summed E-state index contributed by atoms with van der Waals surface area (Å²) >= 11 is 1.05. The molecule has 0 aliphatic carbocycles. The van der Waals surface area contributed by atoms with E-state index in [-0.39, 0.29) is 39.8 Å². The minimum absolute atomic E-state index is 0.0122. The van der Waals surface area contributed by atoms with Gasteiger partial charge in [-0.05, 0) is 66.1 Å². The second kappa shape index (κ2) is 12.2. The Morgan fingerprint density at radius 1 is 1.14 bits per heavy atom. The van der Waals surface area contributed by atoms with E-state index in [1.54, 1.807) is 18.2 Å². The largest absolute Gasteiger partial charge is 0.573 e. The highest BCUT2D eigenvalue weighted by Gasteiger charge is 2.33. The van der Waals surface area contributed by atoms with E-state index in [2.05, 4.69) is 25.1 Å². The van der Waals surface area contributed by atoms with Crippen molar-refractivity contribution in [2.24, 2.45) is 4.99 Å². The van der Waals surface area contributed by atoms with Gasteiger partial charge >= 0.3 is 12.4 Å². The molecular weight excluding hydrogens is 602 g/mol. The number of carbonyl (C=O) groups excluding carboxylic acids is 2. The van der Waals surface area contributed by atoms with Gasteiger partial charge in [0.1, 0.15) is 17.9 Å². The summed E-state index contributed by atoms with van der Waals surface area (Å²) < 4.78 is 57.4. The predicted octanol–water partition coefficient (Wildman–Crippen LogP) is 6.63. The highest BCUT2D eigenvalue weighted by atomic mass is 32.2. The molecule has 1 saturated heterocycles. The maximum absolute atomic E-state index is 15.0. The molecule has 15 heteroatoms. The summed E-state index contributed by atoms with van der Waals surface area (Å²) in [5.41, 5.74) is 2.06. The number of hydrogen-bond acceptors (Lipinski definition) is 7. The van der Waals surface area contributed by atoms with Crippen LogP contribution in [0.5, 0.6) is 5.75 Å². The molecule has 0 atom stereocenters. The summed E-state index contributed by atoms with van der Waals surface area (Å²) in [4.78, 5) is 35.0. The quantitative estimate of drug-likeness (QED) is 0.239. The Labute approximate surface area is 252 Å². The maximum Gasteiger partial charge on any atom is 0.573 e. The van der Waals surface area contributed by atoms with Crippen molar-refractivity contribution < 1.29 is 31.9 Å². The standard InChI is InChI=1S/C29H21F4N7O3S/c1-16(2)21-9-3-17(13-34)11-24(21)40-25(41)14-44-28(40)37-27(42)36-23-10-4-18(12-22(23)30)26-35-15-39(38-26)19-5-7-20(8-6-19)43-29(31,32)33/h3-12,15-16H,14H2,1-2H3,(H,36,42)/b37-28-. The Bertz CT molecular complexity index is 1810. The number of urea groups is 1. The zero-order chi connectivity index (χ0) is 31.6. The molecule has 2 heterocycles. The highest BCUT2D eigenvalue weighted by molar-refractivity contribution is 8.15. The third kappa shape index (κ3) is 6.70. The number of thioether (sulfide) groups is 1. The van der Waals surface area contributed by atoms with E-state index in [1.165, 1.54) is 40.2 Å². The first-order valence-corrected chi connectivity index (χ1v) is 13.9. The van der Waals surface area contributed by atoms with Crippen molar-refractivity contribution in [2.75, 3.05) is 16.0 Å². The number of aromatic nitrogens is 3. The first-order chi connectivity index (χ1) is 20.9. The lowest BCUT2D eigenvalue weighted by atomic mass is 9.98. The second-order valence-electron chi connectivity index (χ2n) is 9.63. The van der Waals surface area contributed by atoms with Crippen LogP contribution in [0.4, 0.5) is 33.7 Å². The summed E-state index contributed by atoms with van der Waals surface area (Å²) in [6.45, 7) is 3.87. The van der Waals surface area contributed by atoms with Gasteiger partial charge in [-0.1, -0.05) is 31.7 Å². The van der Waals surface area contributed by atoms with Gasteiger partial charge in [0.05, 0.1) is 34.4 Å². The number of ether oxygens (including phenoxy) is 1. The molecule has 10 nitrogen and oxygen atoms in total. The van der Waals surface area contributed by atoms with E-state index in [0.29, 0.717) is 16.9 Å².